The van der Waals surface area contributed by atoms with E-state index >= 15 is 0 Å². The minimum Gasteiger partial charge on any atom is -0.354 e. The molecular formula is C18H34N2. The van der Waals surface area contributed by atoms with Gasteiger partial charge >= 0.3 is 0 Å². The zero-order chi connectivity index (χ0) is 14.6. The van der Waals surface area contributed by atoms with Gasteiger partial charge in [-0.2, -0.15) is 0 Å². The lowest BCUT2D eigenvalue weighted by molar-refractivity contribution is 0.515. The molecule has 0 aliphatic rings. The second-order valence-electron chi connectivity index (χ2n) is 5.87. The van der Waals surface area contributed by atoms with Gasteiger partial charge in [0, 0.05) is 25.0 Å². The summed E-state index contributed by atoms with van der Waals surface area (Å²) in [4.78, 5) is 0. The summed E-state index contributed by atoms with van der Waals surface area (Å²) in [7, 11) is 0. The fraction of sp³-hybridized carbons (Fsp3) is 0.778. The van der Waals surface area contributed by atoms with Gasteiger partial charge in [0.15, 0.2) is 0 Å². The third kappa shape index (κ3) is 6.60. The van der Waals surface area contributed by atoms with Crippen molar-refractivity contribution >= 4 is 0 Å². The molecule has 20 heavy (non-hydrogen) atoms. The van der Waals surface area contributed by atoms with Gasteiger partial charge in [-0.25, -0.2) is 0 Å². The number of hydrogen-bond acceptors (Lipinski definition) is 1. The molecule has 1 atom stereocenters. The van der Waals surface area contributed by atoms with Crippen LogP contribution in [0.2, 0.25) is 0 Å². The van der Waals surface area contributed by atoms with Gasteiger partial charge < -0.3 is 9.88 Å². The zero-order valence-electron chi connectivity index (χ0n) is 13.8. The van der Waals surface area contributed by atoms with Crippen LogP contribution in [0.4, 0.5) is 0 Å². The van der Waals surface area contributed by atoms with Crippen LogP contribution in [0.3, 0.4) is 0 Å². The third-order valence-corrected chi connectivity index (χ3v) is 3.99. The van der Waals surface area contributed by atoms with E-state index in [9.17, 15) is 0 Å². The van der Waals surface area contributed by atoms with Crippen LogP contribution in [-0.4, -0.2) is 11.1 Å². The fourth-order valence-corrected chi connectivity index (χ4v) is 2.70. The first-order chi connectivity index (χ1) is 9.81. The Labute approximate surface area is 126 Å². The molecule has 0 saturated heterocycles. The summed E-state index contributed by atoms with van der Waals surface area (Å²) in [5.41, 5.74) is 1.45. The monoisotopic (exact) mass is 278 g/mol. The van der Waals surface area contributed by atoms with E-state index in [-0.39, 0.29) is 0 Å². The Morgan fingerprint density at radius 2 is 1.75 bits per heavy atom. The van der Waals surface area contributed by atoms with E-state index in [1.165, 1.54) is 63.5 Å². The number of nitrogens with one attached hydrogen (secondary N) is 1. The molecule has 0 amide bonds. The molecule has 0 spiro atoms. The van der Waals surface area contributed by atoms with Gasteiger partial charge in [0.25, 0.3) is 0 Å². The molecule has 2 nitrogen and oxygen atoms in total. The quantitative estimate of drug-likeness (QED) is 0.513. The average molecular weight is 278 g/mol. The fourth-order valence-electron chi connectivity index (χ4n) is 2.70. The lowest BCUT2D eigenvalue weighted by Crippen LogP contribution is -2.21. The summed E-state index contributed by atoms with van der Waals surface area (Å²) < 4.78 is 2.37. The van der Waals surface area contributed by atoms with Crippen molar-refractivity contribution in [2.75, 3.05) is 6.54 Å². The molecule has 0 saturated carbocycles. The number of unbranched alkanes of at least 4 members (excludes halogenated alkanes) is 5. The second-order valence-corrected chi connectivity index (χ2v) is 5.87. The molecule has 0 radical (unpaired) electrons. The number of aromatic nitrogens is 1. The molecule has 2 heteroatoms. The van der Waals surface area contributed by atoms with Crippen molar-refractivity contribution < 1.29 is 0 Å². The Balaban J connectivity index is 2.27. The molecular weight excluding hydrogens is 244 g/mol. The van der Waals surface area contributed by atoms with Crippen LogP contribution < -0.4 is 5.32 Å². The Kier molecular flexibility index (Phi) is 9.48. The molecule has 0 bridgehead atoms. The smallest absolute Gasteiger partial charge is 0.0332 e. The number of rotatable bonds is 12. The van der Waals surface area contributed by atoms with Crippen molar-refractivity contribution in [2.45, 2.75) is 84.7 Å². The standard InChI is InChI=1S/C18H34N2/c1-4-7-8-9-10-11-14-20-15-12-17(16-20)18(6-3)19-13-5-2/h12,15-16,18-19H,4-11,13-14H2,1-3H3. The topological polar surface area (TPSA) is 17.0 Å². The Bertz CT molecular complexity index is 330. The third-order valence-electron chi connectivity index (χ3n) is 3.99. The van der Waals surface area contributed by atoms with E-state index < -0.39 is 0 Å². The highest BCUT2D eigenvalue weighted by Crippen LogP contribution is 2.17. The van der Waals surface area contributed by atoms with E-state index in [1.54, 1.807) is 0 Å². The van der Waals surface area contributed by atoms with Crippen molar-refractivity contribution in [3.05, 3.63) is 24.0 Å². The molecule has 1 rings (SSSR count). The minimum atomic E-state index is 0.528. The van der Waals surface area contributed by atoms with Crippen LogP contribution in [0.25, 0.3) is 0 Å². The largest absolute Gasteiger partial charge is 0.354 e. The SMILES string of the molecule is CCCCCCCCn1ccc(C(CC)NCCC)c1. The predicted molar refractivity (Wildman–Crippen MR) is 89.1 cm³/mol. The normalized spacial score (nSPS) is 12.8. The lowest BCUT2D eigenvalue weighted by Gasteiger charge is -2.15. The maximum Gasteiger partial charge on any atom is 0.0332 e. The Morgan fingerprint density at radius 3 is 2.45 bits per heavy atom. The number of hydrogen-bond donors (Lipinski definition) is 1. The van der Waals surface area contributed by atoms with Crippen LogP contribution >= 0.6 is 0 Å². The zero-order valence-corrected chi connectivity index (χ0v) is 13.8. The van der Waals surface area contributed by atoms with E-state index in [2.05, 4.69) is 49.1 Å². The molecule has 0 aromatic carbocycles. The van der Waals surface area contributed by atoms with E-state index in [4.69, 9.17) is 0 Å². The minimum absolute atomic E-state index is 0.528. The van der Waals surface area contributed by atoms with Crippen molar-refractivity contribution in [3.8, 4) is 0 Å². The Morgan fingerprint density at radius 1 is 1.00 bits per heavy atom. The maximum atomic E-state index is 3.63. The van der Waals surface area contributed by atoms with Crippen LogP contribution in [0.5, 0.6) is 0 Å². The molecule has 116 valence electrons. The van der Waals surface area contributed by atoms with E-state index in [1.807, 2.05) is 0 Å². The van der Waals surface area contributed by atoms with Crippen molar-refractivity contribution in [3.63, 3.8) is 0 Å². The van der Waals surface area contributed by atoms with Gasteiger partial charge in [-0.1, -0.05) is 52.9 Å². The summed E-state index contributed by atoms with van der Waals surface area (Å²) in [6.07, 6.45) is 15.2. The molecule has 1 aromatic rings. The van der Waals surface area contributed by atoms with Gasteiger partial charge in [-0.15, -0.1) is 0 Å². The second kappa shape index (κ2) is 11.0. The highest BCUT2D eigenvalue weighted by molar-refractivity contribution is 5.15. The van der Waals surface area contributed by atoms with E-state index in [0.29, 0.717) is 6.04 Å². The molecule has 1 unspecified atom stereocenters. The first-order valence-corrected chi connectivity index (χ1v) is 8.70. The summed E-state index contributed by atoms with van der Waals surface area (Å²) in [6, 6.07) is 2.81. The highest BCUT2D eigenvalue weighted by atomic mass is 15.0. The average Bonchev–Trinajstić information content (AvgIpc) is 2.92. The first kappa shape index (κ1) is 17.3. The van der Waals surface area contributed by atoms with Gasteiger partial charge in [-0.3, -0.25) is 0 Å². The first-order valence-electron chi connectivity index (χ1n) is 8.70. The maximum absolute atomic E-state index is 3.63. The van der Waals surface area contributed by atoms with Crippen LogP contribution in [0, 0.1) is 0 Å². The summed E-state index contributed by atoms with van der Waals surface area (Å²) >= 11 is 0. The molecule has 1 heterocycles. The predicted octanol–water partition coefficient (Wildman–Crippen LogP) is 5.30. The Hall–Kier alpha value is -0.760. The summed E-state index contributed by atoms with van der Waals surface area (Å²) in [6.45, 7) is 9.05. The van der Waals surface area contributed by atoms with Gasteiger partial charge in [0.05, 0.1) is 0 Å². The summed E-state index contributed by atoms with van der Waals surface area (Å²) in [5.74, 6) is 0. The summed E-state index contributed by atoms with van der Waals surface area (Å²) in [5, 5.41) is 3.63. The van der Waals surface area contributed by atoms with Crippen LogP contribution in [-0.2, 0) is 6.54 Å². The molecule has 0 aliphatic heterocycles. The molecule has 1 aromatic heterocycles. The van der Waals surface area contributed by atoms with Crippen LogP contribution in [0.15, 0.2) is 18.5 Å². The van der Waals surface area contributed by atoms with Gasteiger partial charge in [0.1, 0.15) is 0 Å². The van der Waals surface area contributed by atoms with Gasteiger partial charge in [0.2, 0.25) is 0 Å². The van der Waals surface area contributed by atoms with Crippen molar-refractivity contribution in [1.82, 2.24) is 9.88 Å². The molecule has 0 aliphatic carbocycles. The molecule has 0 fully saturated rings. The number of aryl methyl sites for hydroxylation is 1. The molecule has 1 N–H and O–H groups in total. The van der Waals surface area contributed by atoms with Gasteiger partial charge in [-0.05, 0) is 37.4 Å². The number of nitrogens with zero attached hydrogens (tertiary/aromatic N) is 1. The van der Waals surface area contributed by atoms with Crippen LogP contribution in [0.1, 0.15) is 83.7 Å². The highest BCUT2D eigenvalue weighted by Gasteiger charge is 2.09. The van der Waals surface area contributed by atoms with E-state index in [0.717, 1.165) is 6.54 Å². The van der Waals surface area contributed by atoms with Crippen molar-refractivity contribution in [1.29, 1.82) is 0 Å². The van der Waals surface area contributed by atoms with Crippen molar-refractivity contribution in [2.24, 2.45) is 0 Å². The lowest BCUT2D eigenvalue weighted by atomic mass is 10.1.